The van der Waals surface area contributed by atoms with Crippen LogP contribution in [0.5, 0.6) is 11.6 Å². The van der Waals surface area contributed by atoms with Crippen molar-refractivity contribution in [2.75, 3.05) is 6.54 Å². The van der Waals surface area contributed by atoms with Gasteiger partial charge in [0, 0.05) is 30.9 Å². The lowest BCUT2D eigenvalue weighted by molar-refractivity contribution is 0.0945. The summed E-state index contributed by atoms with van der Waals surface area (Å²) in [4.78, 5) is 16.2. The molecule has 0 unspecified atom stereocenters. The second-order valence-electron chi connectivity index (χ2n) is 5.48. The standard InChI is InChI=1S/C17H16F2N6O2/c18-12-3-4-15(13(19)8-12)27-17-11(2-1-6-21-17)9-22-16(26)14-10-25(7-5-20)24-23-14/h1-4,6,8,10H,5,7,9,20H2,(H,22,26). The molecule has 3 N–H and O–H groups in total. The van der Waals surface area contributed by atoms with Gasteiger partial charge in [0.15, 0.2) is 17.3 Å². The SMILES string of the molecule is NCCn1cc(C(=O)NCc2cccnc2Oc2ccc(F)cc2F)nn1. The van der Waals surface area contributed by atoms with E-state index in [0.29, 0.717) is 24.7 Å². The third-order valence-corrected chi connectivity index (χ3v) is 3.52. The molecule has 8 nitrogen and oxygen atoms in total. The van der Waals surface area contributed by atoms with Crippen molar-refractivity contribution in [1.29, 1.82) is 0 Å². The topological polar surface area (TPSA) is 108 Å². The predicted octanol–water partition coefficient (Wildman–Crippen LogP) is 1.63. The molecular weight excluding hydrogens is 358 g/mol. The minimum Gasteiger partial charge on any atom is -0.436 e. The van der Waals surface area contributed by atoms with E-state index in [4.69, 9.17) is 10.5 Å². The van der Waals surface area contributed by atoms with Gasteiger partial charge in [0.1, 0.15) is 5.82 Å². The number of hydrogen-bond donors (Lipinski definition) is 2. The van der Waals surface area contributed by atoms with E-state index >= 15 is 0 Å². The van der Waals surface area contributed by atoms with Crippen LogP contribution in [0.2, 0.25) is 0 Å². The number of ether oxygens (including phenoxy) is 1. The number of carbonyl (C=O) groups excluding carboxylic acids is 1. The number of benzene rings is 1. The monoisotopic (exact) mass is 374 g/mol. The van der Waals surface area contributed by atoms with E-state index in [1.165, 1.54) is 17.1 Å². The van der Waals surface area contributed by atoms with Crippen LogP contribution in [0.15, 0.2) is 42.7 Å². The minimum atomic E-state index is -0.854. The van der Waals surface area contributed by atoms with E-state index in [2.05, 4.69) is 20.6 Å². The number of hydrogen-bond acceptors (Lipinski definition) is 6. The molecule has 0 bridgehead atoms. The highest BCUT2D eigenvalue weighted by Crippen LogP contribution is 2.26. The number of halogens is 2. The fraction of sp³-hybridized carbons (Fsp3) is 0.176. The summed E-state index contributed by atoms with van der Waals surface area (Å²) in [6.45, 7) is 0.888. The molecule has 2 heterocycles. The summed E-state index contributed by atoms with van der Waals surface area (Å²) in [5.74, 6) is -2.09. The van der Waals surface area contributed by atoms with Crippen LogP contribution in [0.3, 0.4) is 0 Å². The Labute approximate surface area is 153 Å². The lowest BCUT2D eigenvalue weighted by Gasteiger charge is -2.11. The molecule has 3 aromatic rings. The number of aromatic nitrogens is 4. The molecule has 0 spiro atoms. The second kappa shape index (κ2) is 8.32. The van der Waals surface area contributed by atoms with Crippen molar-refractivity contribution in [3.05, 3.63) is 65.6 Å². The van der Waals surface area contributed by atoms with Crippen LogP contribution in [-0.4, -0.2) is 32.4 Å². The Bertz CT molecular complexity index is 947. The molecular formula is C17H16F2N6O2. The molecule has 0 radical (unpaired) electrons. The summed E-state index contributed by atoms with van der Waals surface area (Å²) in [7, 11) is 0. The summed E-state index contributed by atoms with van der Waals surface area (Å²) < 4.78 is 33.7. The molecule has 10 heteroatoms. The van der Waals surface area contributed by atoms with Crippen LogP contribution in [0.1, 0.15) is 16.1 Å². The van der Waals surface area contributed by atoms with Crippen molar-refractivity contribution in [3.63, 3.8) is 0 Å². The third kappa shape index (κ3) is 4.61. The molecule has 3 rings (SSSR count). The van der Waals surface area contributed by atoms with Crippen LogP contribution in [0, 0.1) is 11.6 Å². The first kappa shape index (κ1) is 18.4. The average Bonchev–Trinajstić information content (AvgIpc) is 3.12. The largest absolute Gasteiger partial charge is 0.436 e. The maximum atomic E-state index is 13.8. The summed E-state index contributed by atoms with van der Waals surface area (Å²) in [6.07, 6.45) is 2.94. The number of nitrogens with one attached hydrogen (secondary N) is 1. The number of rotatable bonds is 7. The first-order chi connectivity index (χ1) is 13.1. The molecule has 0 fully saturated rings. The molecule has 0 saturated carbocycles. The Morgan fingerprint density at radius 2 is 2.15 bits per heavy atom. The Kier molecular flexibility index (Phi) is 5.67. The first-order valence-corrected chi connectivity index (χ1v) is 8.02. The molecule has 0 aliphatic heterocycles. The molecule has 1 aromatic carbocycles. The van der Waals surface area contributed by atoms with Crippen molar-refractivity contribution >= 4 is 5.91 Å². The second-order valence-corrected chi connectivity index (χ2v) is 5.48. The highest BCUT2D eigenvalue weighted by atomic mass is 19.1. The van der Waals surface area contributed by atoms with Crippen molar-refractivity contribution in [2.24, 2.45) is 5.73 Å². The fourth-order valence-electron chi connectivity index (χ4n) is 2.22. The maximum absolute atomic E-state index is 13.8. The van der Waals surface area contributed by atoms with Gasteiger partial charge in [-0.2, -0.15) is 0 Å². The fourth-order valence-corrected chi connectivity index (χ4v) is 2.22. The summed E-state index contributed by atoms with van der Waals surface area (Å²) in [6, 6.07) is 6.26. The average molecular weight is 374 g/mol. The van der Waals surface area contributed by atoms with E-state index < -0.39 is 17.5 Å². The molecule has 0 atom stereocenters. The quantitative estimate of drug-likeness (QED) is 0.651. The number of amides is 1. The Morgan fingerprint density at radius 1 is 1.30 bits per heavy atom. The Balaban J connectivity index is 1.69. The van der Waals surface area contributed by atoms with Gasteiger partial charge in [-0.1, -0.05) is 11.3 Å². The highest BCUT2D eigenvalue weighted by molar-refractivity contribution is 5.91. The lowest BCUT2D eigenvalue weighted by Crippen LogP contribution is -2.23. The molecule has 0 aliphatic rings. The van der Waals surface area contributed by atoms with Gasteiger partial charge in [-0.25, -0.2) is 13.8 Å². The first-order valence-electron chi connectivity index (χ1n) is 8.02. The zero-order chi connectivity index (χ0) is 19.2. The minimum absolute atomic E-state index is 0.0641. The van der Waals surface area contributed by atoms with Crippen molar-refractivity contribution < 1.29 is 18.3 Å². The number of pyridine rings is 1. The van der Waals surface area contributed by atoms with Crippen LogP contribution >= 0.6 is 0 Å². The summed E-state index contributed by atoms with van der Waals surface area (Å²) in [5, 5.41) is 10.2. The van der Waals surface area contributed by atoms with E-state index in [1.54, 1.807) is 12.1 Å². The Hall–Kier alpha value is -3.40. The highest BCUT2D eigenvalue weighted by Gasteiger charge is 2.14. The van der Waals surface area contributed by atoms with Crippen LogP contribution < -0.4 is 15.8 Å². The van der Waals surface area contributed by atoms with Gasteiger partial charge in [0.2, 0.25) is 5.88 Å². The van der Waals surface area contributed by atoms with Crippen LogP contribution in [-0.2, 0) is 13.1 Å². The molecule has 2 aromatic heterocycles. The van der Waals surface area contributed by atoms with Crippen molar-refractivity contribution in [2.45, 2.75) is 13.1 Å². The molecule has 1 amide bonds. The molecule has 140 valence electrons. The smallest absolute Gasteiger partial charge is 0.273 e. The van der Waals surface area contributed by atoms with Crippen molar-refractivity contribution in [1.82, 2.24) is 25.3 Å². The van der Waals surface area contributed by atoms with E-state index in [9.17, 15) is 13.6 Å². The maximum Gasteiger partial charge on any atom is 0.273 e. The summed E-state index contributed by atoms with van der Waals surface area (Å²) in [5.41, 5.74) is 6.06. The third-order valence-electron chi connectivity index (χ3n) is 3.52. The van der Waals surface area contributed by atoms with Crippen LogP contribution in [0.25, 0.3) is 0 Å². The zero-order valence-corrected chi connectivity index (χ0v) is 14.1. The Morgan fingerprint density at radius 3 is 2.93 bits per heavy atom. The number of carbonyl (C=O) groups is 1. The van der Waals surface area contributed by atoms with Gasteiger partial charge in [0.25, 0.3) is 5.91 Å². The van der Waals surface area contributed by atoms with E-state index in [-0.39, 0.29) is 23.9 Å². The van der Waals surface area contributed by atoms with Gasteiger partial charge < -0.3 is 15.8 Å². The van der Waals surface area contributed by atoms with Crippen molar-refractivity contribution in [3.8, 4) is 11.6 Å². The van der Waals surface area contributed by atoms with E-state index in [0.717, 1.165) is 12.1 Å². The number of nitrogens with two attached hydrogens (primary N) is 1. The van der Waals surface area contributed by atoms with Crippen LogP contribution in [0.4, 0.5) is 8.78 Å². The van der Waals surface area contributed by atoms with Gasteiger partial charge in [-0.15, -0.1) is 5.10 Å². The van der Waals surface area contributed by atoms with E-state index in [1.807, 2.05) is 0 Å². The van der Waals surface area contributed by atoms with Gasteiger partial charge in [-0.05, 0) is 18.2 Å². The predicted molar refractivity (Wildman–Crippen MR) is 90.9 cm³/mol. The van der Waals surface area contributed by atoms with Gasteiger partial charge in [-0.3, -0.25) is 9.48 Å². The molecule has 27 heavy (non-hydrogen) atoms. The molecule has 0 aliphatic carbocycles. The van der Waals surface area contributed by atoms with Gasteiger partial charge in [0.05, 0.1) is 12.7 Å². The summed E-state index contributed by atoms with van der Waals surface area (Å²) >= 11 is 0. The normalized spacial score (nSPS) is 10.6. The lowest BCUT2D eigenvalue weighted by atomic mass is 10.2. The molecule has 0 saturated heterocycles. The van der Waals surface area contributed by atoms with Gasteiger partial charge >= 0.3 is 0 Å². The number of nitrogens with zero attached hydrogens (tertiary/aromatic N) is 4. The zero-order valence-electron chi connectivity index (χ0n) is 14.1.